The second-order valence-corrected chi connectivity index (χ2v) is 7.26. The van der Waals surface area contributed by atoms with Crippen LogP contribution in [0.3, 0.4) is 0 Å². The maximum Gasteiger partial charge on any atom is 0.318 e. The van der Waals surface area contributed by atoms with Crippen molar-refractivity contribution in [1.82, 2.24) is 4.90 Å². The molecular weight excluding hydrogens is 306 g/mol. The van der Waals surface area contributed by atoms with Crippen molar-refractivity contribution in [2.75, 3.05) is 20.2 Å². The van der Waals surface area contributed by atoms with E-state index in [1.54, 1.807) is 0 Å². The number of benzene rings is 1. The molecule has 1 saturated heterocycles. The lowest BCUT2D eigenvalue weighted by Gasteiger charge is -2.19. The molecule has 1 aromatic carbocycles. The van der Waals surface area contributed by atoms with Crippen LogP contribution < -0.4 is 0 Å². The SMILES string of the molecule is COC(=O)C1CN(C(=O)CCc2ccc(C(C)(C)C)cc2)CC1=O. The van der Waals surface area contributed by atoms with Gasteiger partial charge in [0.2, 0.25) is 5.91 Å². The fourth-order valence-electron chi connectivity index (χ4n) is 2.80. The van der Waals surface area contributed by atoms with Crippen molar-refractivity contribution in [3.63, 3.8) is 0 Å². The largest absolute Gasteiger partial charge is 0.468 e. The second-order valence-electron chi connectivity index (χ2n) is 7.26. The number of amides is 1. The molecule has 0 aliphatic carbocycles. The van der Waals surface area contributed by atoms with Gasteiger partial charge in [0.1, 0.15) is 5.92 Å². The number of aryl methyl sites for hydroxylation is 1. The van der Waals surface area contributed by atoms with Crippen LogP contribution >= 0.6 is 0 Å². The Hall–Kier alpha value is -2.17. The first-order valence-electron chi connectivity index (χ1n) is 8.20. The molecule has 0 N–H and O–H groups in total. The number of rotatable bonds is 4. The van der Waals surface area contributed by atoms with Gasteiger partial charge in [-0.25, -0.2) is 0 Å². The molecule has 0 aromatic heterocycles. The first-order valence-corrected chi connectivity index (χ1v) is 8.20. The van der Waals surface area contributed by atoms with Crippen molar-refractivity contribution in [2.45, 2.75) is 39.0 Å². The minimum absolute atomic E-state index is 0.00155. The topological polar surface area (TPSA) is 63.7 Å². The molecule has 0 radical (unpaired) electrons. The summed E-state index contributed by atoms with van der Waals surface area (Å²) in [5.41, 5.74) is 2.45. The summed E-state index contributed by atoms with van der Waals surface area (Å²) in [5, 5.41) is 0. The highest BCUT2D eigenvalue weighted by Gasteiger charge is 2.38. The Morgan fingerprint density at radius 2 is 1.83 bits per heavy atom. The zero-order valence-corrected chi connectivity index (χ0v) is 14.8. The Bertz CT molecular complexity index is 628. The monoisotopic (exact) mass is 331 g/mol. The van der Waals surface area contributed by atoms with Gasteiger partial charge in [0.25, 0.3) is 0 Å². The van der Waals surface area contributed by atoms with Crippen LogP contribution in [-0.2, 0) is 31.0 Å². The molecule has 1 atom stereocenters. The van der Waals surface area contributed by atoms with E-state index in [2.05, 4.69) is 37.6 Å². The first-order chi connectivity index (χ1) is 11.2. The van der Waals surface area contributed by atoms with E-state index >= 15 is 0 Å². The minimum atomic E-state index is -0.829. The summed E-state index contributed by atoms with van der Waals surface area (Å²) in [6.45, 7) is 6.61. The van der Waals surface area contributed by atoms with Gasteiger partial charge in [0.15, 0.2) is 5.78 Å². The third-order valence-corrected chi connectivity index (χ3v) is 4.42. The lowest BCUT2D eigenvalue weighted by Crippen LogP contribution is -2.30. The minimum Gasteiger partial charge on any atom is -0.468 e. The Labute approximate surface area is 143 Å². The molecule has 0 bridgehead atoms. The number of ether oxygens (including phenoxy) is 1. The number of ketones is 1. The predicted octanol–water partition coefficient (Wildman–Crippen LogP) is 2.12. The molecule has 0 spiro atoms. The zero-order chi connectivity index (χ0) is 17.9. The standard InChI is InChI=1S/C19H25NO4/c1-19(2,3)14-8-5-13(6-9-14)7-10-17(22)20-11-15(16(21)12-20)18(23)24-4/h5-6,8-9,15H,7,10-12H2,1-4H3. The average Bonchev–Trinajstić information content (AvgIpc) is 2.93. The summed E-state index contributed by atoms with van der Waals surface area (Å²) < 4.78 is 4.60. The summed E-state index contributed by atoms with van der Waals surface area (Å²) in [5.74, 6) is -1.74. The Morgan fingerprint density at radius 1 is 1.21 bits per heavy atom. The van der Waals surface area contributed by atoms with Gasteiger partial charge in [-0.3, -0.25) is 14.4 Å². The van der Waals surface area contributed by atoms with Crippen LogP contribution in [0.2, 0.25) is 0 Å². The van der Waals surface area contributed by atoms with E-state index < -0.39 is 11.9 Å². The third kappa shape index (κ3) is 4.22. The first kappa shape index (κ1) is 18.2. The Morgan fingerprint density at radius 3 is 2.38 bits per heavy atom. The highest BCUT2D eigenvalue weighted by atomic mass is 16.5. The molecule has 1 amide bonds. The third-order valence-electron chi connectivity index (χ3n) is 4.42. The van der Waals surface area contributed by atoms with Crippen LogP contribution in [0.15, 0.2) is 24.3 Å². The smallest absolute Gasteiger partial charge is 0.318 e. The number of Topliss-reactive ketones (excluding diaryl/α,β-unsaturated/α-hetero) is 1. The fraction of sp³-hybridized carbons (Fsp3) is 0.526. The van der Waals surface area contributed by atoms with Crippen LogP contribution in [0.1, 0.15) is 38.3 Å². The Balaban J connectivity index is 1.90. The van der Waals surface area contributed by atoms with Gasteiger partial charge in [0.05, 0.1) is 13.7 Å². The molecule has 24 heavy (non-hydrogen) atoms. The quantitative estimate of drug-likeness (QED) is 0.626. The number of nitrogens with zero attached hydrogens (tertiary/aromatic N) is 1. The van der Waals surface area contributed by atoms with Crippen molar-refractivity contribution in [2.24, 2.45) is 5.92 Å². The maximum absolute atomic E-state index is 12.3. The van der Waals surface area contributed by atoms with Gasteiger partial charge in [0, 0.05) is 13.0 Å². The predicted molar refractivity (Wildman–Crippen MR) is 90.6 cm³/mol. The van der Waals surface area contributed by atoms with Crippen molar-refractivity contribution < 1.29 is 19.1 Å². The number of hydrogen-bond acceptors (Lipinski definition) is 4. The second kappa shape index (κ2) is 7.16. The van der Waals surface area contributed by atoms with Gasteiger partial charge in [-0.1, -0.05) is 45.0 Å². The van der Waals surface area contributed by atoms with Gasteiger partial charge in [-0.05, 0) is 23.0 Å². The summed E-state index contributed by atoms with van der Waals surface area (Å²) in [6, 6.07) is 8.26. The van der Waals surface area contributed by atoms with Crippen molar-refractivity contribution in [3.8, 4) is 0 Å². The van der Waals surface area contributed by atoms with Crippen LogP contribution in [0.25, 0.3) is 0 Å². The van der Waals surface area contributed by atoms with Crippen LogP contribution in [0.4, 0.5) is 0 Å². The summed E-state index contributed by atoms with van der Waals surface area (Å²) in [7, 11) is 1.25. The fourth-order valence-corrected chi connectivity index (χ4v) is 2.80. The van der Waals surface area contributed by atoms with E-state index in [4.69, 9.17) is 0 Å². The van der Waals surface area contributed by atoms with Crippen LogP contribution in [-0.4, -0.2) is 42.8 Å². The number of esters is 1. The van der Waals surface area contributed by atoms with Gasteiger partial charge in [-0.15, -0.1) is 0 Å². The van der Waals surface area contributed by atoms with E-state index in [0.29, 0.717) is 12.8 Å². The molecule has 1 unspecified atom stereocenters. The van der Waals surface area contributed by atoms with E-state index in [9.17, 15) is 14.4 Å². The number of carbonyl (C=O) groups excluding carboxylic acids is 3. The molecule has 1 fully saturated rings. The molecule has 0 saturated carbocycles. The lowest BCUT2D eigenvalue weighted by molar-refractivity contribution is -0.147. The lowest BCUT2D eigenvalue weighted by atomic mass is 9.86. The summed E-state index contributed by atoms with van der Waals surface area (Å²) >= 11 is 0. The van der Waals surface area contributed by atoms with Crippen LogP contribution in [0.5, 0.6) is 0 Å². The summed E-state index contributed by atoms with van der Waals surface area (Å²) in [6.07, 6.45) is 0.951. The van der Waals surface area contributed by atoms with Gasteiger partial charge in [-0.2, -0.15) is 0 Å². The molecule has 2 rings (SSSR count). The van der Waals surface area contributed by atoms with Crippen LogP contribution in [0, 0.1) is 5.92 Å². The molecule has 5 nitrogen and oxygen atoms in total. The summed E-state index contributed by atoms with van der Waals surface area (Å²) in [4.78, 5) is 37.0. The number of hydrogen-bond donors (Lipinski definition) is 0. The van der Waals surface area contributed by atoms with E-state index in [0.717, 1.165) is 5.56 Å². The van der Waals surface area contributed by atoms with Crippen molar-refractivity contribution in [1.29, 1.82) is 0 Å². The molecule has 1 heterocycles. The molecular formula is C19H25NO4. The van der Waals surface area contributed by atoms with Gasteiger partial charge < -0.3 is 9.64 Å². The number of likely N-dealkylation sites (tertiary alicyclic amines) is 1. The number of carbonyl (C=O) groups is 3. The highest BCUT2D eigenvalue weighted by Crippen LogP contribution is 2.23. The van der Waals surface area contributed by atoms with Gasteiger partial charge >= 0.3 is 5.97 Å². The molecule has 1 aliphatic rings. The normalized spacial score (nSPS) is 17.9. The molecule has 1 aliphatic heterocycles. The van der Waals surface area contributed by atoms with Crippen molar-refractivity contribution in [3.05, 3.63) is 35.4 Å². The highest BCUT2D eigenvalue weighted by molar-refractivity contribution is 6.03. The van der Waals surface area contributed by atoms with E-state index in [1.807, 2.05) is 12.1 Å². The van der Waals surface area contributed by atoms with Crippen molar-refractivity contribution >= 4 is 17.7 Å². The maximum atomic E-state index is 12.3. The zero-order valence-electron chi connectivity index (χ0n) is 14.8. The molecule has 5 heteroatoms. The number of methoxy groups -OCH3 is 1. The van der Waals surface area contributed by atoms with E-state index in [1.165, 1.54) is 17.6 Å². The van der Waals surface area contributed by atoms with E-state index in [-0.39, 0.29) is 30.2 Å². The molecule has 130 valence electrons. The average molecular weight is 331 g/mol. The molecule has 1 aromatic rings. The Kier molecular flexibility index (Phi) is 5.42.